The van der Waals surface area contributed by atoms with Gasteiger partial charge in [0.25, 0.3) is 0 Å². The van der Waals surface area contributed by atoms with Crippen molar-refractivity contribution in [3.63, 3.8) is 0 Å². The lowest BCUT2D eigenvalue weighted by Crippen LogP contribution is -2.21. The zero-order chi connectivity index (χ0) is 24.1. The second-order valence-corrected chi connectivity index (χ2v) is 8.98. The second kappa shape index (κ2) is 10.7. The molecule has 0 saturated heterocycles. The molecule has 0 aliphatic rings. The lowest BCUT2D eigenvalue weighted by Gasteiger charge is -2.18. The summed E-state index contributed by atoms with van der Waals surface area (Å²) in [5.41, 5.74) is 4.35. The lowest BCUT2D eigenvalue weighted by molar-refractivity contribution is 0.0600. The Morgan fingerprint density at radius 1 is 0.941 bits per heavy atom. The van der Waals surface area contributed by atoms with Crippen LogP contribution < -0.4 is 0 Å². The van der Waals surface area contributed by atoms with E-state index in [0.29, 0.717) is 29.2 Å². The maximum atomic E-state index is 13.9. The fourth-order valence-corrected chi connectivity index (χ4v) is 4.63. The van der Waals surface area contributed by atoms with Crippen LogP contribution in [0.5, 0.6) is 0 Å². The molecule has 1 atom stereocenters. The molecule has 3 aromatic carbocycles. The van der Waals surface area contributed by atoms with Crippen LogP contribution in [0.4, 0.5) is 0 Å². The van der Waals surface area contributed by atoms with Gasteiger partial charge >= 0.3 is 5.97 Å². The first-order valence-corrected chi connectivity index (χ1v) is 11.9. The summed E-state index contributed by atoms with van der Waals surface area (Å²) >= 11 is 6.26. The van der Waals surface area contributed by atoms with Crippen LogP contribution in [0.15, 0.2) is 78.9 Å². The van der Waals surface area contributed by atoms with Gasteiger partial charge in [0.1, 0.15) is 0 Å². The molecule has 4 aromatic rings. The number of Topliss-reactive ketones (excluding diaryl/α,β-unsaturated/α-hetero) is 1. The van der Waals surface area contributed by atoms with Gasteiger partial charge in [0, 0.05) is 28.4 Å². The van der Waals surface area contributed by atoms with Gasteiger partial charge in [0.05, 0.1) is 18.4 Å². The van der Waals surface area contributed by atoms with Crippen molar-refractivity contribution in [2.45, 2.75) is 32.7 Å². The molecule has 0 aliphatic carbocycles. The lowest BCUT2D eigenvalue weighted by atomic mass is 9.89. The standard InChI is InChI=1S/C29H28ClNO3/c1-3-7-23(16-20-10-12-22(13-11-20)29(33)34-2)28(32)27-18-24-17-25(30)14-15-26(24)31(27)19-21-8-5-4-6-9-21/h4-6,8-15,17-18,23H,3,7,16,19H2,1-2H3/t23-/m0/s1. The van der Waals surface area contributed by atoms with Crippen molar-refractivity contribution in [3.05, 3.63) is 106 Å². The molecule has 0 aliphatic heterocycles. The summed E-state index contributed by atoms with van der Waals surface area (Å²) in [6, 6.07) is 25.2. The molecule has 0 saturated carbocycles. The minimum atomic E-state index is -0.364. The number of rotatable bonds is 9. The molecule has 0 fully saturated rings. The summed E-state index contributed by atoms with van der Waals surface area (Å²) in [5, 5.41) is 1.61. The number of carbonyl (C=O) groups excluding carboxylic acids is 2. The van der Waals surface area contributed by atoms with Crippen LogP contribution in [0.2, 0.25) is 5.02 Å². The first-order valence-electron chi connectivity index (χ1n) is 11.5. The van der Waals surface area contributed by atoms with Crippen LogP contribution in [-0.2, 0) is 17.7 Å². The maximum Gasteiger partial charge on any atom is 0.337 e. The molecule has 4 nitrogen and oxygen atoms in total. The van der Waals surface area contributed by atoms with E-state index >= 15 is 0 Å². The zero-order valence-corrected chi connectivity index (χ0v) is 20.2. The van der Waals surface area contributed by atoms with Crippen molar-refractivity contribution >= 4 is 34.3 Å². The van der Waals surface area contributed by atoms with Gasteiger partial charge in [0.15, 0.2) is 5.78 Å². The van der Waals surface area contributed by atoms with Gasteiger partial charge in [-0.2, -0.15) is 0 Å². The van der Waals surface area contributed by atoms with Crippen molar-refractivity contribution in [2.24, 2.45) is 5.92 Å². The zero-order valence-electron chi connectivity index (χ0n) is 19.5. The number of carbonyl (C=O) groups is 2. The van der Waals surface area contributed by atoms with Gasteiger partial charge in [-0.1, -0.05) is 67.4 Å². The van der Waals surface area contributed by atoms with Crippen LogP contribution in [0.3, 0.4) is 0 Å². The molecule has 0 radical (unpaired) electrons. The molecule has 1 aromatic heterocycles. The fraction of sp³-hybridized carbons (Fsp3) is 0.241. The molecule has 0 amide bonds. The van der Waals surface area contributed by atoms with E-state index in [-0.39, 0.29) is 17.7 Å². The van der Waals surface area contributed by atoms with Crippen molar-refractivity contribution in [2.75, 3.05) is 7.11 Å². The maximum absolute atomic E-state index is 13.9. The number of methoxy groups -OCH3 is 1. The van der Waals surface area contributed by atoms with Crippen LogP contribution in [0.1, 0.15) is 51.7 Å². The number of esters is 1. The van der Waals surface area contributed by atoms with Crippen molar-refractivity contribution in [1.82, 2.24) is 4.57 Å². The topological polar surface area (TPSA) is 48.3 Å². The molecule has 0 N–H and O–H groups in total. The van der Waals surface area contributed by atoms with Gasteiger partial charge in [-0.05, 0) is 60.4 Å². The molecular formula is C29H28ClNO3. The van der Waals surface area contributed by atoms with Gasteiger partial charge in [0.2, 0.25) is 0 Å². The van der Waals surface area contributed by atoms with Gasteiger partial charge < -0.3 is 9.30 Å². The van der Waals surface area contributed by atoms with E-state index in [2.05, 4.69) is 23.6 Å². The predicted molar refractivity (Wildman–Crippen MR) is 137 cm³/mol. The molecule has 1 heterocycles. The highest BCUT2D eigenvalue weighted by Gasteiger charge is 2.24. The van der Waals surface area contributed by atoms with Crippen molar-refractivity contribution in [1.29, 1.82) is 0 Å². The van der Waals surface area contributed by atoms with Crippen molar-refractivity contribution < 1.29 is 14.3 Å². The average Bonchev–Trinajstić information content (AvgIpc) is 3.21. The summed E-state index contributed by atoms with van der Waals surface area (Å²) in [4.78, 5) is 25.6. The van der Waals surface area contributed by atoms with Crippen molar-refractivity contribution in [3.8, 4) is 0 Å². The second-order valence-electron chi connectivity index (χ2n) is 8.55. The molecule has 4 rings (SSSR count). The Balaban J connectivity index is 1.68. The summed E-state index contributed by atoms with van der Waals surface area (Å²) in [7, 11) is 1.37. The van der Waals surface area contributed by atoms with E-state index in [9.17, 15) is 9.59 Å². The molecule has 0 unspecified atom stereocenters. The van der Waals surface area contributed by atoms with E-state index < -0.39 is 0 Å². The highest BCUT2D eigenvalue weighted by atomic mass is 35.5. The third-order valence-corrected chi connectivity index (χ3v) is 6.40. The van der Waals surface area contributed by atoms with E-state index in [1.54, 1.807) is 12.1 Å². The summed E-state index contributed by atoms with van der Waals surface area (Å²) in [6.45, 7) is 2.71. The van der Waals surface area contributed by atoms with E-state index in [1.165, 1.54) is 7.11 Å². The molecule has 0 bridgehead atoms. The molecule has 174 valence electrons. The molecule has 0 spiro atoms. The van der Waals surface area contributed by atoms with Crippen LogP contribution in [-0.4, -0.2) is 23.4 Å². The quantitative estimate of drug-likeness (QED) is 0.195. The Morgan fingerprint density at radius 3 is 2.35 bits per heavy atom. The molecule has 5 heteroatoms. The van der Waals surface area contributed by atoms with E-state index in [0.717, 1.165) is 34.9 Å². The van der Waals surface area contributed by atoms with Gasteiger partial charge in [-0.3, -0.25) is 4.79 Å². The van der Waals surface area contributed by atoms with Gasteiger partial charge in [-0.15, -0.1) is 0 Å². The normalized spacial score (nSPS) is 12.0. The van der Waals surface area contributed by atoms with Crippen LogP contribution in [0, 0.1) is 5.92 Å². The third-order valence-electron chi connectivity index (χ3n) is 6.16. The monoisotopic (exact) mass is 473 g/mol. The summed E-state index contributed by atoms with van der Waals surface area (Å²) in [5.74, 6) is -0.401. The fourth-order valence-electron chi connectivity index (χ4n) is 4.44. The van der Waals surface area contributed by atoms with Crippen LogP contribution >= 0.6 is 11.6 Å². The Labute approximate surface area is 205 Å². The van der Waals surface area contributed by atoms with E-state index in [4.69, 9.17) is 16.3 Å². The summed E-state index contributed by atoms with van der Waals surface area (Å²) in [6.07, 6.45) is 2.30. The van der Waals surface area contributed by atoms with Gasteiger partial charge in [-0.25, -0.2) is 4.79 Å². The minimum absolute atomic E-state index is 0.127. The number of hydrogen-bond donors (Lipinski definition) is 0. The number of ketones is 1. The average molecular weight is 474 g/mol. The summed E-state index contributed by atoms with van der Waals surface area (Å²) < 4.78 is 6.89. The Morgan fingerprint density at radius 2 is 1.68 bits per heavy atom. The minimum Gasteiger partial charge on any atom is -0.465 e. The molecular weight excluding hydrogens is 446 g/mol. The SMILES string of the molecule is CCC[C@@H](Cc1ccc(C(=O)OC)cc1)C(=O)c1cc2cc(Cl)ccc2n1Cc1ccccc1. The smallest absolute Gasteiger partial charge is 0.337 e. The number of nitrogens with zero attached hydrogens (tertiary/aromatic N) is 1. The third kappa shape index (κ3) is 5.23. The Bertz CT molecular complexity index is 1290. The first-order chi connectivity index (χ1) is 16.5. The largest absolute Gasteiger partial charge is 0.465 e. The number of ether oxygens (including phenoxy) is 1. The number of fused-ring (bicyclic) bond motifs is 1. The highest BCUT2D eigenvalue weighted by Crippen LogP contribution is 2.28. The predicted octanol–water partition coefficient (Wildman–Crippen LogP) is 6.97. The number of halogens is 1. The number of benzene rings is 3. The van der Waals surface area contributed by atoms with E-state index in [1.807, 2.05) is 54.6 Å². The number of hydrogen-bond acceptors (Lipinski definition) is 3. The first kappa shape index (κ1) is 23.8. The van der Waals surface area contributed by atoms with Crippen LogP contribution in [0.25, 0.3) is 10.9 Å². The Kier molecular flexibility index (Phi) is 7.49. The highest BCUT2D eigenvalue weighted by molar-refractivity contribution is 6.31. The Hall–Kier alpha value is -3.37. The number of aromatic nitrogens is 1. The molecule has 34 heavy (non-hydrogen) atoms.